The fourth-order valence-corrected chi connectivity index (χ4v) is 3.08. The second-order valence-corrected chi connectivity index (χ2v) is 5.85. The summed E-state index contributed by atoms with van der Waals surface area (Å²) in [4.78, 5) is 0. The summed E-state index contributed by atoms with van der Waals surface area (Å²) in [7, 11) is 0. The van der Waals surface area contributed by atoms with Gasteiger partial charge in [0.25, 0.3) is 0 Å². The molecule has 1 unspecified atom stereocenters. The lowest BCUT2D eigenvalue weighted by molar-refractivity contribution is 0.631. The summed E-state index contributed by atoms with van der Waals surface area (Å²) >= 11 is 9.53. The fourth-order valence-electron chi connectivity index (χ4n) is 2.17. The van der Waals surface area contributed by atoms with Gasteiger partial charge in [-0.25, -0.2) is 5.43 Å². The van der Waals surface area contributed by atoms with Gasteiger partial charge in [0.05, 0.1) is 6.04 Å². The molecule has 0 radical (unpaired) electrons. The Morgan fingerprint density at radius 2 is 1.89 bits per heavy atom. The molecule has 1 atom stereocenters. The third-order valence-corrected chi connectivity index (χ3v) is 4.32. The fraction of sp³-hybridized carbons (Fsp3) is 0.200. The van der Waals surface area contributed by atoms with Crippen molar-refractivity contribution in [2.45, 2.75) is 19.9 Å². The highest BCUT2D eigenvalue weighted by molar-refractivity contribution is 9.10. The summed E-state index contributed by atoms with van der Waals surface area (Å²) in [6.07, 6.45) is 0. The summed E-state index contributed by atoms with van der Waals surface area (Å²) in [6.45, 7) is 4.21. The molecule has 2 aromatic rings. The summed E-state index contributed by atoms with van der Waals surface area (Å²) in [5.74, 6) is 5.76. The standard InChI is InChI=1S/C15H16BrClN2/c1-9-4-3-5-12(10(9)2)15(19-18)13-7-6-11(17)8-14(13)16/h3-8,15,19H,18H2,1-2H3. The zero-order chi connectivity index (χ0) is 14.0. The van der Waals surface area contributed by atoms with Gasteiger partial charge in [0, 0.05) is 9.50 Å². The molecule has 3 N–H and O–H groups in total. The first-order valence-electron chi connectivity index (χ1n) is 6.01. The minimum atomic E-state index is -0.0634. The van der Waals surface area contributed by atoms with E-state index in [0.717, 1.165) is 10.0 Å². The maximum absolute atomic E-state index is 5.99. The monoisotopic (exact) mass is 338 g/mol. The van der Waals surface area contributed by atoms with Gasteiger partial charge in [0.15, 0.2) is 0 Å². The Kier molecular flexibility index (Phi) is 4.63. The molecule has 2 aromatic carbocycles. The topological polar surface area (TPSA) is 38.0 Å². The first-order valence-corrected chi connectivity index (χ1v) is 7.19. The number of benzene rings is 2. The van der Waals surface area contributed by atoms with Crippen LogP contribution in [0.1, 0.15) is 28.3 Å². The van der Waals surface area contributed by atoms with Crippen molar-refractivity contribution < 1.29 is 0 Å². The van der Waals surface area contributed by atoms with Crippen molar-refractivity contribution in [3.63, 3.8) is 0 Å². The Morgan fingerprint density at radius 3 is 2.53 bits per heavy atom. The average Bonchev–Trinajstić information content (AvgIpc) is 2.37. The first-order chi connectivity index (χ1) is 9.04. The first kappa shape index (κ1) is 14.5. The molecule has 0 aromatic heterocycles. The van der Waals surface area contributed by atoms with Gasteiger partial charge in [-0.3, -0.25) is 5.84 Å². The molecule has 0 fully saturated rings. The summed E-state index contributed by atoms with van der Waals surface area (Å²) < 4.78 is 0.948. The Hall–Kier alpha value is -0.870. The molecule has 0 aliphatic heterocycles. The van der Waals surface area contributed by atoms with Gasteiger partial charge in [-0.1, -0.05) is 51.8 Å². The highest BCUT2D eigenvalue weighted by Crippen LogP contribution is 2.32. The number of nitrogens with two attached hydrogens (primary N) is 1. The van der Waals surface area contributed by atoms with E-state index in [1.54, 1.807) is 0 Å². The van der Waals surface area contributed by atoms with Crippen molar-refractivity contribution in [2.24, 2.45) is 5.84 Å². The molecule has 2 nitrogen and oxygen atoms in total. The number of nitrogens with one attached hydrogen (secondary N) is 1. The van der Waals surface area contributed by atoms with Crippen LogP contribution in [0.25, 0.3) is 0 Å². The maximum atomic E-state index is 5.99. The molecule has 0 bridgehead atoms. The number of rotatable bonds is 3. The van der Waals surface area contributed by atoms with Crippen LogP contribution in [0.2, 0.25) is 5.02 Å². The van der Waals surface area contributed by atoms with E-state index in [9.17, 15) is 0 Å². The van der Waals surface area contributed by atoms with Crippen molar-refractivity contribution >= 4 is 27.5 Å². The number of hydrogen-bond acceptors (Lipinski definition) is 2. The molecule has 2 rings (SSSR count). The quantitative estimate of drug-likeness (QED) is 0.647. The van der Waals surface area contributed by atoms with E-state index >= 15 is 0 Å². The molecule has 0 saturated heterocycles. The van der Waals surface area contributed by atoms with Gasteiger partial charge in [-0.15, -0.1) is 0 Å². The second kappa shape index (κ2) is 6.06. The third-order valence-electron chi connectivity index (χ3n) is 3.40. The van der Waals surface area contributed by atoms with Gasteiger partial charge in [-0.05, 0) is 48.2 Å². The van der Waals surface area contributed by atoms with Crippen LogP contribution in [0.3, 0.4) is 0 Å². The number of aryl methyl sites for hydroxylation is 1. The zero-order valence-corrected chi connectivity index (χ0v) is 13.2. The summed E-state index contributed by atoms with van der Waals surface area (Å²) in [5.41, 5.74) is 7.63. The van der Waals surface area contributed by atoms with E-state index in [1.807, 2.05) is 24.3 Å². The Bertz CT molecular complexity index is 599. The predicted octanol–water partition coefficient (Wildman–Crippen LogP) is 4.27. The van der Waals surface area contributed by atoms with Crippen molar-refractivity contribution in [2.75, 3.05) is 0 Å². The average molecular weight is 340 g/mol. The molecule has 0 spiro atoms. The largest absolute Gasteiger partial charge is 0.271 e. The van der Waals surface area contributed by atoms with Crippen molar-refractivity contribution in [1.82, 2.24) is 5.43 Å². The van der Waals surface area contributed by atoms with E-state index in [-0.39, 0.29) is 6.04 Å². The zero-order valence-electron chi connectivity index (χ0n) is 10.9. The van der Waals surface area contributed by atoms with E-state index in [0.29, 0.717) is 5.02 Å². The van der Waals surface area contributed by atoms with Crippen LogP contribution in [-0.2, 0) is 0 Å². The Labute approximate surface area is 127 Å². The van der Waals surface area contributed by atoms with Gasteiger partial charge in [0.1, 0.15) is 0 Å². The lowest BCUT2D eigenvalue weighted by atomic mass is 9.93. The maximum Gasteiger partial charge on any atom is 0.0723 e. The SMILES string of the molecule is Cc1cccc(C(NN)c2ccc(Cl)cc2Br)c1C. The third kappa shape index (κ3) is 3.00. The Morgan fingerprint density at radius 1 is 1.16 bits per heavy atom. The van der Waals surface area contributed by atoms with Crippen LogP contribution < -0.4 is 11.3 Å². The van der Waals surface area contributed by atoms with Crippen LogP contribution in [0.15, 0.2) is 40.9 Å². The minimum Gasteiger partial charge on any atom is -0.271 e. The van der Waals surface area contributed by atoms with Gasteiger partial charge >= 0.3 is 0 Å². The molecule has 0 amide bonds. The van der Waals surface area contributed by atoms with Crippen LogP contribution in [0, 0.1) is 13.8 Å². The van der Waals surface area contributed by atoms with Crippen LogP contribution >= 0.6 is 27.5 Å². The lowest BCUT2D eigenvalue weighted by Gasteiger charge is -2.21. The van der Waals surface area contributed by atoms with Crippen LogP contribution in [-0.4, -0.2) is 0 Å². The van der Waals surface area contributed by atoms with Crippen molar-refractivity contribution in [3.8, 4) is 0 Å². The van der Waals surface area contributed by atoms with Gasteiger partial charge in [-0.2, -0.15) is 0 Å². The molecule has 0 aliphatic carbocycles. The van der Waals surface area contributed by atoms with E-state index in [4.69, 9.17) is 17.4 Å². The smallest absolute Gasteiger partial charge is 0.0723 e. The van der Waals surface area contributed by atoms with Gasteiger partial charge in [0.2, 0.25) is 0 Å². The molecule has 100 valence electrons. The molecular formula is C15H16BrClN2. The highest BCUT2D eigenvalue weighted by Gasteiger charge is 2.17. The summed E-state index contributed by atoms with van der Waals surface area (Å²) in [6, 6.07) is 11.9. The molecule has 4 heteroatoms. The van der Waals surface area contributed by atoms with E-state index < -0.39 is 0 Å². The number of hydrazine groups is 1. The molecular weight excluding hydrogens is 324 g/mol. The lowest BCUT2D eigenvalue weighted by Crippen LogP contribution is -2.29. The molecule has 0 heterocycles. The number of hydrogen-bond donors (Lipinski definition) is 2. The van der Waals surface area contributed by atoms with Crippen LogP contribution in [0.5, 0.6) is 0 Å². The highest BCUT2D eigenvalue weighted by atomic mass is 79.9. The molecule has 19 heavy (non-hydrogen) atoms. The summed E-state index contributed by atoms with van der Waals surface area (Å²) in [5, 5.41) is 0.701. The predicted molar refractivity (Wildman–Crippen MR) is 84.2 cm³/mol. The van der Waals surface area contributed by atoms with Gasteiger partial charge < -0.3 is 0 Å². The van der Waals surface area contributed by atoms with E-state index in [2.05, 4.69) is 47.3 Å². The van der Waals surface area contributed by atoms with Crippen molar-refractivity contribution in [1.29, 1.82) is 0 Å². The van der Waals surface area contributed by atoms with E-state index in [1.165, 1.54) is 16.7 Å². The molecule has 0 aliphatic rings. The second-order valence-electron chi connectivity index (χ2n) is 4.55. The van der Waals surface area contributed by atoms with Crippen LogP contribution in [0.4, 0.5) is 0 Å². The molecule has 0 saturated carbocycles. The Balaban J connectivity index is 2.53. The van der Waals surface area contributed by atoms with Crippen molar-refractivity contribution in [3.05, 3.63) is 68.1 Å². The minimum absolute atomic E-state index is 0.0634. The number of halogens is 2. The normalized spacial score (nSPS) is 12.5.